The van der Waals surface area contributed by atoms with E-state index >= 15 is 0 Å². The molecule has 0 aliphatic carbocycles. The normalized spacial score (nSPS) is 14.1. The summed E-state index contributed by atoms with van der Waals surface area (Å²) in [6.45, 7) is 6.92. The van der Waals surface area contributed by atoms with Gasteiger partial charge in [0.1, 0.15) is 0 Å². The van der Waals surface area contributed by atoms with Gasteiger partial charge in [-0.2, -0.15) is 0 Å². The fourth-order valence-corrected chi connectivity index (χ4v) is 2.50. The molecule has 0 aliphatic heterocycles. The Labute approximate surface area is 125 Å². The molecule has 114 valence electrons. The molecule has 1 heterocycles. The largest absolute Gasteiger partial charge is 0.396 e. The minimum atomic E-state index is -0.0259. The monoisotopic (exact) mass is 288 g/mol. The van der Waals surface area contributed by atoms with E-state index in [2.05, 4.69) is 35.1 Å². The molecule has 0 saturated carbocycles. The van der Waals surface area contributed by atoms with Gasteiger partial charge in [-0.15, -0.1) is 0 Å². The summed E-state index contributed by atoms with van der Waals surface area (Å²) in [6.07, 6.45) is 2.43. The number of para-hydroxylation sites is 1. The first-order chi connectivity index (χ1) is 10.1. The summed E-state index contributed by atoms with van der Waals surface area (Å²) in [7, 11) is 0. The minimum absolute atomic E-state index is 0.00167. The molecule has 2 aromatic rings. The highest BCUT2D eigenvalue weighted by atomic mass is 16.3. The molecule has 0 aliphatic rings. The molecule has 2 N–H and O–H groups in total. The maximum atomic E-state index is 12.2. The van der Waals surface area contributed by atoms with Crippen molar-refractivity contribution < 1.29 is 9.90 Å². The summed E-state index contributed by atoms with van der Waals surface area (Å²) in [4.78, 5) is 12.2. The number of carbonyl (C=O) groups excluding carboxylic acids is 1. The SMILES string of the molecule is CCn1cc(CC(=O)NC(C)C(C)CO)c2ccccc21. The molecule has 0 radical (unpaired) electrons. The predicted molar refractivity (Wildman–Crippen MR) is 85.2 cm³/mol. The van der Waals surface area contributed by atoms with E-state index in [-0.39, 0.29) is 24.5 Å². The Morgan fingerprint density at radius 3 is 2.71 bits per heavy atom. The number of aliphatic hydroxyl groups is 1. The van der Waals surface area contributed by atoms with Gasteiger partial charge < -0.3 is 15.0 Å². The number of fused-ring (bicyclic) bond motifs is 1. The van der Waals surface area contributed by atoms with Crippen LogP contribution in [-0.4, -0.2) is 28.2 Å². The quantitative estimate of drug-likeness (QED) is 0.857. The highest BCUT2D eigenvalue weighted by Crippen LogP contribution is 2.21. The van der Waals surface area contributed by atoms with Crippen molar-refractivity contribution in [3.8, 4) is 0 Å². The third-order valence-corrected chi connectivity index (χ3v) is 4.09. The van der Waals surface area contributed by atoms with E-state index in [4.69, 9.17) is 5.11 Å². The molecule has 2 rings (SSSR count). The average molecular weight is 288 g/mol. The molecule has 2 atom stereocenters. The van der Waals surface area contributed by atoms with E-state index in [1.165, 1.54) is 5.52 Å². The molecule has 0 saturated heterocycles. The Hall–Kier alpha value is -1.81. The van der Waals surface area contributed by atoms with Crippen molar-refractivity contribution in [3.63, 3.8) is 0 Å². The number of aliphatic hydroxyl groups excluding tert-OH is 1. The van der Waals surface area contributed by atoms with Gasteiger partial charge in [0.05, 0.1) is 6.42 Å². The van der Waals surface area contributed by atoms with Crippen LogP contribution in [0, 0.1) is 5.92 Å². The number of carbonyl (C=O) groups is 1. The van der Waals surface area contributed by atoms with Gasteiger partial charge in [-0.1, -0.05) is 25.1 Å². The third-order valence-electron chi connectivity index (χ3n) is 4.09. The molecule has 21 heavy (non-hydrogen) atoms. The standard InChI is InChI=1S/C17H24N2O2/c1-4-19-10-14(15-7-5-6-8-16(15)19)9-17(21)18-13(3)12(2)11-20/h5-8,10,12-13,20H,4,9,11H2,1-3H3,(H,18,21). The first kappa shape index (κ1) is 15.6. The van der Waals surface area contributed by atoms with Crippen LogP contribution in [0.15, 0.2) is 30.5 Å². The Balaban J connectivity index is 2.14. The van der Waals surface area contributed by atoms with Crippen LogP contribution in [0.5, 0.6) is 0 Å². The number of aromatic nitrogens is 1. The summed E-state index contributed by atoms with van der Waals surface area (Å²) in [6, 6.07) is 8.13. The zero-order chi connectivity index (χ0) is 15.4. The molecule has 1 amide bonds. The van der Waals surface area contributed by atoms with Gasteiger partial charge in [-0.05, 0) is 31.4 Å². The van der Waals surface area contributed by atoms with Gasteiger partial charge in [0, 0.05) is 36.3 Å². The second kappa shape index (κ2) is 6.76. The Morgan fingerprint density at radius 2 is 2.05 bits per heavy atom. The lowest BCUT2D eigenvalue weighted by molar-refractivity contribution is -0.121. The predicted octanol–water partition coefficient (Wildman–Crippen LogP) is 2.34. The fraction of sp³-hybridized carbons (Fsp3) is 0.471. The van der Waals surface area contributed by atoms with E-state index < -0.39 is 0 Å². The number of nitrogens with one attached hydrogen (secondary N) is 1. The summed E-state index contributed by atoms with van der Waals surface area (Å²) in [5, 5.41) is 13.2. The molecule has 4 nitrogen and oxygen atoms in total. The number of hydrogen-bond acceptors (Lipinski definition) is 2. The van der Waals surface area contributed by atoms with Crippen molar-refractivity contribution in [2.45, 2.75) is 39.8 Å². The first-order valence-corrected chi connectivity index (χ1v) is 7.53. The minimum Gasteiger partial charge on any atom is -0.396 e. The number of nitrogens with zero attached hydrogens (tertiary/aromatic N) is 1. The average Bonchev–Trinajstić information content (AvgIpc) is 2.84. The lowest BCUT2D eigenvalue weighted by Gasteiger charge is -2.19. The highest BCUT2D eigenvalue weighted by molar-refractivity contribution is 5.89. The van der Waals surface area contributed by atoms with Crippen molar-refractivity contribution in [1.29, 1.82) is 0 Å². The molecular weight excluding hydrogens is 264 g/mol. The van der Waals surface area contributed by atoms with E-state index in [1.54, 1.807) is 0 Å². The van der Waals surface area contributed by atoms with E-state index in [9.17, 15) is 4.79 Å². The molecular formula is C17H24N2O2. The Morgan fingerprint density at radius 1 is 1.33 bits per heavy atom. The molecule has 0 bridgehead atoms. The number of aryl methyl sites for hydroxylation is 1. The van der Waals surface area contributed by atoms with E-state index in [1.807, 2.05) is 26.0 Å². The summed E-state index contributed by atoms with van der Waals surface area (Å²) < 4.78 is 2.16. The van der Waals surface area contributed by atoms with Gasteiger partial charge in [0.15, 0.2) is 0 Å². The Kier molecular flexibility index (Phi) is 5.02. The van der Waals surface area contributed by atoms with Gasteiger partial charge in [-0.3, -0.25) is 4.79 Å². The van der Waals surface area contributed by atoms with E-state index in [0.29, 0.717) is 6.42 Å². The zero-order valence-corrected chi connectivity index (χ0v) is 13.0. The van der Waals surface area contributed by atoms with Crippen LogP contribution in [0.25, 0.3) is 10.9 Å². The number of amides is 1. The van der Waals surface area contributed by atoms with Gasteiger partial charge in [0.25, 0.3) is 0 Å². The van der Waals surface area contributed by atoms with Crippen molar-refractivity contribution in [2.75, 3.05) is 6.61 Å². The summed E-state index contributed by atoms with van der Waals surface area (Å²) in [5.74, 6) is 0.0627. The topological polar surface area (TPSA) is 54.3 Å². The molecule has 1 aromatic heterocycles. The van der Waals surface area contributed by atoms with E-state index in [0.717, 1.165) is 17.5 Å². The number of benzene rings is 1. The van der Waals surface area contributed by atoms with Crippen LogP contribution >= 0.6 is 0 Å². The van der Waals surface area contributed by atoms with Crippen molar-refractivity contribution in [2.24, 2.45) is 5.92 Å². The summed E-state index contributed by atoms with van der Waals surface area (Å²) >= 11 is 0. The molecule has 0 spiro atoms. The third kappa shape index (κ3) is 3.45. The lowest BCUT2D eigenvalue weighted by atomic mass is 10.0. The van der Waals surface area contributed by atoms with Crippen LogP contribution in [-0.2, 0) is 17.8 Å². The maximum Gasteiger partial charge on any atom is 0.224 e. The fourth-order valence-electron chi connectivity index (χ4n) is 2.50. The van der Waals surface area contributed by atoms with Crippen molar-refractivity contribution in [1.82, 2.24) is 9.88 Å². The molecule has 0 fully saturated rings. The maximum absolute atomic E-state index is 12.2. The van der Waals surface area contributed by atoms with Crippen LogP contribution < -0.4 is 5.32 Å². The lowest BCUT2D eigenvalue weighted by Crippen LogP contribution is -2.39. The van der Waals surface area contributed by atoms with Crippen LogP contribution in [0.4, 0.5) is 0 Å². The van der Waals surface area contributed by atoms with Crippen LogP contribution in [0.2, 0.25) is 0 Å². The van der Waals surface area contributed by atoms with Crippen LogP contribution in [0.3, 0.4) is 0 Å². The molecule has 4 heteroatoms. The number of rotatable bonds is 6. The molecule has 1 aromatic carbocycles. The van der Waals surface area contributed by atoms with Gasteiger partial charge in [0.2, 0.25) is 5.91 Å². The second-order valence-electron chi connectivity index (χ2n) is 5.65. The number of hydrogen-bond donors (Lipinski definition) is 2. The first-order valence-electron chi connectivity index (χ1n) is 7.53. The second-order valence-corrected chi connectivity index (χ2v) is 5.65. The highest BCUT2D eigenvalue weighted by Gasteiger charge is 2.16. The summed E-state index contributed by atoms with van der Waals surface area (Å²) in [5.41, 5.74) is 2.22. The smallest absolute Gasteiger partial charge is 0.224 e. The zero-order valence-electron chi connectivity index (χ0n) is 13.0. The van der Waals surface area contributed by atoms with Crippen molar-refractivity contribution >= 4 is 16.8 Å². The van der Waals surface area contributed by atoms with Crippen molar-refractivity contribution in [3.05, 3.63) is 36.0 Å². The van der Waals surface area contributed by atoms with Gasteiger partial charge >= 0.3 is 0 Å². The Bertz CT molecular complexity index is 618. The molecule has 2 unspecified atom stereocenters. The van der Waals surface area contributed by atoms with Crippen LogP contribution in [0.1, 0.15) is 26.3 Å². The van der Waals surface area contributed by atoms with Gasteiger partial charge in [-0.25, -0.2) is 0 Å².